The van der Waals surface area contributed by atoms with Gasteiger partial charge in [-0.05, 0) is 77.4 Å². The monoisotopic (exact) mass is 667 g/mol. The maximum Gasteiger partial charge on any atom is 0.252 e. The maximum absolute atomic E-state index is 15.6. The van der Waals surface area contributed by atoms with Gasteiger partial charge in [0.15, 0.2) is 5.65 Å². The van der Waals surface area contributed by atoms with Crippen molar-refractivity contribution in [1.82, 2.24) is 34.9 Å². The second kappa shape index (κ2) is 15.3. The Balaban J connectivity index is 1.35. The molecular formula is C36H42FN9O3. The van der Waals surface area contributed by atoms with Gasteiger partial charge in [-0.1, -0.05) is 24.3 Å². The topological polar surface area (TPSA) is 136 Å². The van der Waals surface area contributed by atoms with Crippen molar-refractivity contribution in [2.24, 2.45) is 0 Å². The number of nitrogens with one attached hydrogen (secondary N) is 1. The molecule has 1 saturated heterocycles. The number of nitrogen functional groups attached to an aromatic ring is 1. The normalized spacial score (nSPS) is 15.1. The first-order chi connectivity index (χ1) is 23.5. The second-order valence-corrected chi connectivity index (χ2v) is 12.7. The molecule has 4 aromatic rings. The highest BCUT2D eigenvalue weighted by atomic mass is 19.1. The number of hydrogen-bond acceptors (Lipinski definition) is 8. The fourth-order valence-corrected chi connectivity index (χ4v) is 5.98. The number of anilines is 1. The number of halogens is 1. The fourth-order valence-electron chi connectivity index (χ4n) is 5.98. The van der Waals surface area contributed by atoms with Crippen LogP contribution in [0.5, 0.6) is 11.5 Å². The molecule has 1 fully saturated rings. The summed E-state index contributed by atoms with van der Waals surface area (Å²) >= 11 is 0. The fraction of sp³-hybridized carbons (Fsp3) is 0.389. The molecule has 0 saturated carbocycles. The molecule has 13 heteroatoms. The summed E-state index contributed by atoms with van der Waals surface area (Å²) in [4.78, 5) is 41.0. The number of carbonyl (C=O) groups is 2. The van der Waals surface area contributed by atoms with Crippen LogP contribution < -0.4 is 15.8 Å². The largest absolute Gasteiger partial charge is 0.457 e. The third kappa shape index (κ3) is 8.21. The number of likely N-dealkylation sites (tertiary alicyclic amines) is 1. The lowest BCUT2D eigenvalue weighted by atomic mass is 10.0. The van der Waals surface area contributed by atoms with Crippen molar-refractivity contribution in [3.8, 4) is 22.8 Å². The predicted octanol–water partition coefficient (Wildman–Crippen LogP) is 5.43. The summed E-state index contributed by atoms with van der Waals surface area (Å²) in [6, 6.07) is 13.4. The number of carbonyl (C=O) groups excluding carboxylic acids is 2. The maximum atomic E-state index is 15.6. The van der Waals surface area contributed by atoms with Crippen molar-refractivity contribution in [1.29, 1.82) is 0 Å². The number of nitrogens with zero attached hydrogens (tertiary/aromatic N) is 7. The number of fused-ring (bicyclic) bond motifs is 1. The lowest BCUT2D eigenvalue weighted by molar-refractivity contribution is -0.128. The molecule has 12 nitrogen and oxygen atoms in total. The minimum Gasteiger partial charge on any atom is -0.457 e. The average Bonchev–Trinajstić information content (AvgIpc) is 3.69. The average molecular weight is 668 g/mol. The van der Waals surface area contributed by atoms with Crippen LogP contribution in [0.4, 0.5) is 10.2 Å². The third-order valence-corrected chi connectivity index (χ3v) is 8.86. The zero-order valence-electron chi connectivity index (χ0n) is 28.3. The molecule has 0 radical (unpaired) electrons. The van der Waals surface area contributed by atoms with Crippen LogP contribution in [0.15, 0.2) is 66.6 Å². The van der Waals surface area contributed by atoms with Crippen molar-refractivity contribution in [2.75, 3.05) is 32.4 Å². The summed E-state index contributed by atoms with van der Waals surface area (Å²) < 4.78 is 23.1. The van der Waals surface area contributed by atoms with Gasteiger partial charge in [-0.2, -0.15) is 5.10 Å². The Morgan fingerprint density at radius 2 is 1.96 bits per heavy atom. The molecule has 0 aliphatic carbocycles. The number of benzene rings is 2. The molecule has 3 heterocycles. The van der Waals surface area contributed by atoms with Gasteiger partial charge in [-0.15, -0.1) is 0 Å². The Bertz CT molecular complexity index is 1880. The zero-order chi connectivity index (χ0) is 35.1. The SMILES string of the molecule is [C-]#[N+]/C(=C\C(C)(C)N(C)CCCCNC(C)=O)C(=O)N1CCC[C@H]1Cn1nc(-c2ccc(Oc3ccccc3)cc2F)c2c(N)ncnc21. The van der Waals surface area contributed by atoms with Crippen molar-refractivity contribution in [3.05, 3.63) is 83.9 Å². The molecule has 5 rings (SSSR count). The van der Waals surface area contributed by atoms with Crippen LogP contribution in [0.3, 0.4) is 0 Å². The quantitative estimate of drug-likeness (QED) is 0.110. The molecule has 2 amide bonds. The van der Waals surface area contributed by atoms with Crippen molar-refractivity contribution in [2.45, 2.75) is 64.6 Å². The zero-order valence-corrected chi connectivity index (χ0v) is 28.3. The van der Waals surface area contributed by atoms with E-state index in [1.807, 2.05) is 39.1 Å². The highest BCUT2D eigenvalue weighted by molar-refractivity contribution is 5.98. The number of hydrogen-bond donors (Lipinski definition) is 2. The first-order valence-electron chi connectivity index (χ1n) is 16.3. The molecular weight excluding hydrogens is 625 g/mol. The molecule has 1 aliphatic heterocycles. The second-order valence-electron chi connectivity index (χ2n) is 12.7. The van der Waals surface area contributed by atoms with E-state index >= 15 is 4.39 Å². The van der Waals surface area contributed by atoms with Gasteiger partial charge in [0.05, 0.1) is 24.5 Å². The number of aromatic nitrogens is 4. The summed E-state index contributed by atoms with van der Waals surface area (Å²) in [5, 5.41) is 7.98. The van der Waals surface area contributed by atoms with Gasteiger partial charge >= 0.3 is 0 Å². The van der Waals surface area contributed by atoms with E-state index in [1.165, 1.54) is 19.3 Å². The molecule has 0 spiro atoms. The molecule has 49 heavy (non-hydrogen) atoms. The Morgan fingerprint density at radius 1 is 1.18 bits per heavy atom. The van der Waals surface area contributed by atoms with Gasteiger partial charge in [-0.3, -0.25) is 14.5 Å². The summed E-state index contributed by atoms with van der Waals surface area (Å²) in [6.45, 7) is 15.4. The molecule has 0 bridgehead atoms. The van der Waals surface area contributed by atoms with Crippen molar-refractivity contribution < 1.29 is 18.7 Å². The van der Waals surface area contributed by atoms with E-state index in [9.17, 15) is 9.59 Å². The molecule has 2 aromatic heterocycles. The minimum atomic E-state index is -0.563. The summed E-state index contributed by atoms with van der Waals surface area (Å²) in [6.07, 6.45) is 6.21. The van der Waals surface area contributed by atoms with E-state index in [1.54, 1.807) is 39.9 Å². The van der Waals surface area contributed by atoms with Gasteiger partial charge in [0.1, 0.15) is 35.2 Å². The number of ether oxygens (including phenoxy) is 1. The third-order valence-electron chi connectivity index (χ3n) is 8.86. The van der Waals surface area contributed by atoms with E-state index in [2.05, 4.69) is 25.0 Å². The predicted molar refractivity (Wildman–Crippen MR) is 186 cm³/mol. The lowest BCUT2D eigenvalue weighted by Crippen LogP contribution is -2.42. The van der Waals surface area contributed by atoms with Crippen molar-refractivity contribution >= 4 is 28.7 Å². The van der Waals surface area contributed by atoms with Crippen LogP contribution in [-0.2, 0) is 16.1 Å². The van der Waals surface area contributed by atoms with Gasteiger partial charge in [0.25, 0.3) is 5.91 Å². The molecule has 1 atom stereocenters. The van der Waals surface area contributed by atoms with E-state index in [-0.39, 0.29) is 47.2 Å². The number of amides is 2. The Hall–Kier alpha value is -5.35. The van der Waals surface area contributed by atoms with Crippen LogP contribution >= 0.6 is 0 Å². The first kappa shape index (κ1) is 35.0. The lowest BCUT2D eigenvalue weighted by Gasteiger charge is -2.34. The van der Waals surface area contributed by atoms with E-state index in [0.717, 1.165) is 25.8 Å². The molecule has 3 N–H and O–H groups in total. The van der Waals surface area contributed by atoms with Gasteiger partial charge in [0.2, 0.25) is 11.6 Å². The van der Waals surface area contributed by atoms with E-state index in [0.29, 0.717) is 42.0 Å². The van der Waals surface area contributed by atoms with Gasteiger partial charge in [-0.25, -0.2) is 23.9 Å². The van der Waals surface area contributed by atoms with Gasteiger partial charge in [0, 0.05) is 37.2 Å². The highest BCUT2D eigenvalue weighted by Crippen LogP contribution is 2.35. The Kier molecular flexibility index (Phi) is 10.9. The first-order valence-corrected chi connectivity index (χ1v) is 16.3. The van der Waals surface area contributed by atoms with Crippen LogP contribution in [0.1, 0.15) is 46.5 Å². The summed E-state index contributed by atoms with van der Waals surface area (Å²) in [7, 11) is 1.96. The molecule has 1 aliphatic rings. The molecule has 0 unspecified atom stereocenters. The Labute approximate surface area is 285 Å². The smallest absolute Gasteiger partial charge is 0.252 e. The Morgan fingerprint density at radius 3 is 2.67 bits per heavy atom. The van der Waals surface area contributed by atoms with E-state index < -0.39 is 11.4 Å². The van der Waals surface area contributed by atoms with Crippen LogP contribution in [-0.4, -0.2) is 79.6 Å². The van der Waals surface area contributed by atoms with Crippen LogP contribution in [0.2, 0.25) is 0 Å². The number of unbranched alkanes of at least 4 members (excludes halogenated alkanes) is 1. The van der Waals surface area contributed by atoms with Crippen molar-refractivity contribution in [3.63, 3.8) is 0 Å². The standard InChI is InChI=1S/C36H42FN9O3/c1-24(47)40-17-9-10-18-44(5)36(2,3)21-30(39-4)35(48)45-19-11-12-25(45)22-46-34-31(33(38)41-23-42-34)32(43-46)28-16-15-27(20-29(28)37)49-26-13-7-6-8-14-26/h6-8,13-16,20-21,23,25H,9-12,17-19,22H2,1-3,5H3,(H,40,47)(H2,38,41,42)/b30-21-/t25-/m0/s1. The van der Waals surface area contributed by atoms with Crippen LogP contribution in [0, 0.1) is 12.4 Å². The van der Waals surface area contributed by atoms with Gasteiger partial charge < -0.3 is 20.7 Å². The number of rotatable bonds is 13. The molecule has 256 valence electrons. The van der Waals surface area contributed by atoms with Crippen LogP contribution in [0.25, 0.3) is 27.1 Å². The van der Waals surface area contributed by atoms with E-state index in [4.69, 9.17) is 22.1 Å². The summed E-state index contributed by atoms with van der Waals surface area (Å²) in [5.74, 6) is 0.141. The highest BCUT2D eigenvalue weighted by Gasteiger charge is 2.34. The molecule has 2 aromatic carbocycles. The number of likely N-dealkylation sites (N-methyl/N-ethyl adjacent to an activating group) is 1. The number of para-hydroxylation sites is 1. The number of nitrogens with two attached hydrogens (primary N) is 1. The minimum absolute atomic E-state index is 0.0514. The summed E-state index contributed by atoms with van der Waals surface area (Å²) in [5.41, 5.74) is 6.71.